The number of carbonyl (C=O) groups is 2. The lowest BCUT2D eigenvalue weighted by Crippen LogP contribution is -2.38. The summed E-state index contributed by atoms with van der Waals surface area (Å²) in [5, 5.41) is 56.5. The van der Waals surface area contributed by atoms with Gasteiger partial charge in [0, 0.05) is 211 Å². The number of sulfonamides is 2. The number of aromatic nitrogens is 21. The van der Waals surface area contributed by atoms with E-state index in [1.54, 1.807) is 89.1 Å². The van der Waals surface area contributed by atoms with E-state index in [9.17, 15) is 31.5 Å². The number of carboxylic acids is 2. The predicted octanol–water partition coefficient (Wildman–Crippen LogP) is 14.6. The van der Waals surface area contributed by atoms with Crippen molar-refractivity contribution in [1.29, 1.82) is 5.26 Å². The number of benzene rings is 3. The fourth-order valence-corrected chi connectivity index (χ4v) is 22.6. The molecule has 4 aliphatic heterocycles. The summed E-state index contributed by atoms with van der Waals surface area (Å²) >= 11 is 10.7. The number of anilines is 7. The molecule has 18 aromatic rings. The number of hydrogen-bond donors (Lipinski definition) is 7. The number of aliphatic carboxylic acids is 2. The highest BCUT2D eigenvalue weighted by molar-refractivity contribution is 9.11. The molecule has 44 heteroatoms. The summed E-state index contributed by atoms with van der Waals surface area (Å²) in [6.07, 6.45) is 32.7. The summed E-state index contributed by atoms with van der Waals surface area (Å²) in [5.74, 6) is 2.97. The number of nitriles is 1. The molecule has 19 heterocycles. The van der Waals surface area contributed by atoms with E-state index in [2.05, 4.69) is 132 Å². The van der Waals surface area contributed by atoms with Crippen LogP contribution in [0.1, 0.15) is 112 Å². The van der Waals surface area contributed by atoms with Gasteiger partial charge in [-0.2, -0.15) is 58.4 Å². The normalized spacial score (nSPS) is 17.3. The van der Waals surface area contributed by atoms with E-state index in [1.165, 1.54) is 21.1 Å². The molecular formula is C97H98Br3N31O8S2. The number of aryl methyl sites for hydroxylation is 1. The molecule has 23 rings (SSSR count). The molecule has 3 aromatic carbocycles. The molecule has 4 saturated heterocycles. The molecule has 141 heavy (non-hydrogen) atoms. The molecule has 4 atom stereocenters. The van der Waals surface area contributed by atoms with Crippen LogP contribution in [-0.2, 0) is 36.7 Å². The predicted molar refractivity (Wildman–Crippen MR) is 550 cm³/mol. The molecule has 4 unspecified atom stereocenters. The number of pyridine rings is 4. The molecule has 722 valence electrons. The van der Waals surface area contributed by atoms with E-state index >= 15 is 0 Å². The van der Waals surface area contributed by atoms with Crippen molar-refractivity contribution in [3.8, 4) is 61.7 Å². The summed E-state index contributed by atoms with van der Waals surface area (Å²) in [5.41, 5.74) is 48.9. The lowest BCUT2D eigenvalue weighted by molar-refractivity contribution is -0.141. The van der Waals surface area contributed by atoms with Gasteiger partial charge < -0.3 is 48.7 Å². The number of nitrogens with zero attached hydrogens (tertiary/aromatic N) is 26. The Balaban J connectivity index is 0.000000112. The Morgan fingerprint density at radius 3 is 1.42 bits per heavy atom. The Labute approximate surface area is 833 Å². The number of piperidine rings is 3. The number of nitrogens with two attached hydrogens (primary N) is 5. The molecular weight excluding hydrogens is 2030 g/mol. The van der Waals surface area contributed by atoms with Crippen LogP contribution < -0.4 is 38.5 Å². The second-order valence-electron chi connectivity index (χ2n) is 36.0. The summed E-state index contributed by atoms with van der Waals surface area (Å²) < 4.78 is 62.8. The summed E-state index contributed by atoms with van der Waals surface area (Å²) in [7, 11) is -4.62. The molecule has 5 fully saturated rings. The molecule has 5 aliphatic rings. The van der Waals surface area contributed by atoms with Crippen molar-refractivity contribution in [3.05, 3.63) is 220 Å². The van der Waals surface area contributed by atoms with Crippen LogP contribution in [0.3, 0.4) is 0 Å². The summed E-state index contributed by atoms with van der Waals surface area (Å²) in [4.78, 5) is 68.7. The smallest absolute Gasteiger partial charge is 0.306 e. The van der Waals surface area contributed by atoms with Crippen molar-refractivity contribution in [2.45, 2.75) is 94.8 Å². The number of halogens is 3. The third-order valence-corrected chi connectivity index (χ3v) is 31.7. The third kappa shape index (κ3) is 19.9. The van der Waals surface area contributed by atoms with Crippen molar-refractivity contribution in [3.63, 3.8) is 0 Å². The lowest BCUT2D eigenvalue weighted by Gasteiger charge is -2.32. The van der Waals surface area contributed by atoms with Crippen LogP contribution in [0.15, 0.2) is 203 Å². The van der Waals surface area contributed by atoms with E-state index in [1.807, 2.05) is 117 Å². The first-order chi connectivity index (χ1) is 67.9. The van der Waals surface area contributed by atoms with E-state index in [0.717, 1.165) is 193 Å². The Hall–Kier alpha value is -14.4. The van der Waals surface area contributed by atoms with E-state index in [4.69, 9.17) is 64.0 Å². The summed E-state index contributed by atoms with van der Waals surface area (Å²) in [6, 6.07) is 39.9. The van der Waals surface area contributed by atoms with Gasteiger partial charge in [0.15, 0.2) is 28.2 Å². The molecule has 1 saturated carbocycles. The van der Waals surface area contributed by atoms with Crippen LogP contribution >= 0.6 is 47.8 Å². The highest BCUT2D eigenvalue weighted by Gasteiger charge is 2.37. The van der Waals surface area contributed by atoms with E-state index < -0.39 is 32.0 Å². The Morgan fingerprint density at radius 1 is 0.454 bits per heavy atom. The van der Waals surface area contributed by atoms with Crippen LogP contribution in [0, 0.1) is 29.1 Å². The van der Waals surface area contributed by atoms with E-state index in [-0.39, 0.29) is 36.0 Å². The van der Waals surface area contributed by atoms with Gasteiger partial charge >= 0.3 is 11.9 Å². The largest absolute Gasteiger partial charge is 0.481 e. The lowest BCUT2D eigenvalue weighted by atomic mass is 9.94. The Kier molecular flexibility index (Phi) is 27.2. The molecule has 0 amide bonds. The molecule has 0 bridgehead atoms. The summed E-state index contributed by atoms with van der Waals surface area (Å²) in [6.45, 7) is 5.09. The molecule has 12 N–H and O–H groups in total. The van der Waals surface area contributed by atoms with Crippen LogP contribution in [0.25, 0.3) is 117 Å². The van der Waals surface area contributed by atoms with Gasteiger partial charge in [-0.1, -0.05) is 60.7 Å². The first-order valence-corrected chi connectivity index (χ1v) is 52.0. The fraction of sp³-hybridized carbons (Fsp3) is 0.299. The number of hydrogen-bond acceptors (Lipinski definition) is 29. The maximum atomic E-state index is 12.0. The first kappa shape index (κ1) is 95.6. The second-order valence-corrected chi connectivity index (χ2v) is 42.3. The molecule has 39 nitrogen and oxygen atoms in total. The SMILES string of the molecule is CS(=O)(=O)N1CCC(c2nc3c(-c4cnc5ccccc5c4)cnn3c(N)c2Br)C1.CS(=O)(=O)N1CCCC(c2cc(N)n3ncc(-c4cnc5ccccc5c4)c3n2)C1.Cn1cc(-c2cnn3c(N)c(Br)c(C4CCC(C(=O)O)C4)nc23)cn1.N#CCC1CCN(c2nc3c(-c4cnc5ccccc5c4)cnn3c(N)c2Br)CC1.Nc1cc(N2CCC(CC(=O)O)CC2)nc2c(-c3cccnc3)cnn12. The molecule has 1 aliphatic carbocycles. The van der Waals surface area contributed by atoms with Crippen molar-refractivity contribution in [2.24, 2.45) is 24.8 Å². The van der Waals surface area contributed by atoms with Crippen LogP contribution in [-0.4, -0.2) is 215 Å². The maximum Gasteiger partial charge on any atom is 0.306 e. The maximum absolute atomic E-state index is 12.0. The van der Waals surface area contributed by atoms with Crippen molar-refractivity contribution < 1.29 is 36.6 Å². The van der Waals surface area contributed by atoms with Crippen molar-refractivity contribution in [2.75, 3.05) is 103 Å². The van der Waals surface area contributed by atoms with Crippen LogP contribution in [0.5, 0.6) is 0 Å². The third-order valence-electron chi connectivity index (χ3n) is 26.7. The Morgan fingerprint density at radius 2 is 0.922 bits per heavy atom. The molecule has 0 spiro atoms. The van der Waals surface area contributed by atoms with E-state index in [0.29, 0.717) is 124 Å². The average Bonchev–Trinajstić information content (AvgIpc) is 1.58. The van der Waals surface area contributed by atoms with Gasteiger partial charge in [0.2, 0.25) is 20.0 Å². The second kappa shape index (κ2) is 40.1. The van der Waals surface area contributed by atoms with Crippen LogP contribution in [0.2, 0.25) is 0 Å². The van der Waals surface area contributed by atoms with Crippen molar-refractivity contribution in [1.82, 2.24) is 111 Å². The highest BCUT2D eigenvalue weighted by Crippen LogP contribution is 2.45. The minimum Gasteiger partial charge on any atom is -0.481 e. The number of para-hydroxylation sites is 3. The first-order valence-electron chi connectivity index (χ1n) is 45.9. The van der Waals surface area contributed by atoms with Gasteiger partial charge in [0.25, 0.3) is 0 Å². The minimum absolute atomic E-state index is 0.00162. The topological polar surface area (TPSA) is 530 Å². The van der Waals surface area contributed by atoms with Gasteiger partial charge in [0.1, 0.15) is 45.2 Å². The monoisotopic (exact) mass is 2130 g/mol. The van der Waals surface area contributed by atoms with Gasteiger partial charge in [0.05, 0.1) is 104 Å². The quantitative estimate of drug-likeness (QED) is 0.0472. The van der Waals surface area contributed by atoms with Crippen LogP contribution in [0.4, 0.5) is 40.7 Å². The zero-order valence-electron chi connectivity index (χ0n) is 76.8. The zero-order valence-corrected chi connectivity index (χ0v) is 83.2. The molecule has 15 aromatic heterocycles. The number of fused-ring (bicyclic) bond motifs is 8. The Bertz CT molecular complexity index is 8140. The fourth-order valence-electron chi connectivity index (χ4n) is 19.1. The van der Waals surface area contributed by atoms with Crippen molar-refractivity contribution >= 4 is 181 Å². The van der Waals surface area contributed by atoms with Gasteiger partial charge in [-0.15, -0.1) is 0 Å². The standard InChI is InChI=1S/C22H20BrN7.C21H22N6O2S.C20H19BrN6O2S.C18H20N6O2.C16H17BrN6O2/c23-19-20(25)30-21(28-22(19)29-9-6-14(5-8-24)7-10-29)17(13-27-30)16-11-15-3-1-2-4-18(15)26-12-16;1-30(28,29)26-8-4-6-15(13-26)19-10-20(22)27-21(25-19)17(12-24-27)16-9-14-5-2-3-7-18(14)23-11-16;1-30(28,29)26-7-6-13(11-26)18-17(21)19(22)27-20(25-18)15(10-24-27)14-8-12-4-2-3-5-16(12)23-9-14;19-15-9-16(23-6-3-12(4-7-23)8-17(25)26)22-18-14(11-21-24(15)18)13-2-1-5-20-10-13;1-22-7-10(5-19-22)11-6-20-23-14(18)12(17)13(21-15(11)23)8-2-3-9(4-8)16(24)25/h1-4,11-14H,5-7,9-10,25H2;2-3,5,7,9-12,15H,4,6,8,13,22H2,1H3;2-5,8-10,13H,6-7,11,22H2,1H3;1-2,5,9-12H,3-4,6-8,19H2,(H,25,26);5-9H,2-4,18H2,1H3,(H,24,25). The van der Waals surface area contributed by atoms with Gasteiger partial charge in [-0.05, 0) is 166 Å². The highest BCUT2D eigenvalue weighted by atomic mass is 79.9. The number of nitrogen functional groups attached to an aromatic ring is 5. The number of rotatable bonds is 16. The van der Waals surface area contributed by atoms with Gasteiger partial charge in [-0.3, -0.25) is 34.2 Å². The zero-order chi connectivity index (χ0) is 98.4. The molecule has 0 radical (unpaired) electrons. The number of carboxylic acid groups (broad SMARTS) is 2. The average molecular weight is 2130 g/mol. The minimum atomic E-state index is -3.24. The van der Waals surface area contributed by atoms with Gasteiger partial charge in [-0.25, -0.2) is 50.4 Å².